The number of thiazole rings is 1. The number of aromatic nitrogens is 1. The molecule has 114 valence electrons. The van der Waals surface area contributed by atoms with Gasteiger partial charge in [-0.25, -0.2) is 0 Å². The third-order valence-electron chi connectivity index (χ3n) is 2.67. The second kappa shape index (κ2) is 10.7. The first kappa shape index (κ1) is 17.0. The first-order chi connectivity index (χ1) is 9.72. The van der Waals surface area contributed by atoms with Crippen LogP contribution in [0.1, 0.15) is 17.7 Å². The van der Waals surface area contributed by atoms with Crippen molar-refractivity contribution in [3.8, 4) is 0 Å². The third-order valence-corrected chi connectivity index (χ3v) is 3.47. The minimum absolute atomic E-state index is 0.107. The monoisotopic (exact) mass is 301 g/mol. The molecule has 0 aliphatic carbocycles. The Morgan fingerprint density at radius 3 is 2.95 bits per heavy atom. The zero-order valence-electron chi connectivity index (χ0n) is 11.8. The van der Waals surface area contributed by atoms with Gasteiger partial charge in [-0.15, -0.1) is 11.3 Å². The summed E-state index contributed by atoms with van der Waals surface area (Å²) in [7, 11) is 1.59. The summed E-state index contributed by atoms with van der Waals surface area (Å²) in [6.45, 7) is 1.91. The molecule has 1 unspecified atom stereocenters. The molecule has 0 aromatic carbocycles. The number of carbonyl (C=O) groups excluding carboxylic acids is 1. The second-order valence-corrected chi connectivity index (χ2v) is 5.38. The van der Waals surface area contributed by atoms with Crippen LogP contribution >= 0.6 is 11.3 Å². The zero-order valence-corrected chi connectivity index (χ0v) is 12.7. The first-order valence-electron chi connectivity index (χ1n) is 6.71. The molecule has 0 saturated heterocycles. The van der Waals surface area contributed by atoms with Gasteiger partial charge in [-0.05, 0) is 19.3 Å². The third kappa shape index (κ3) is 8.21. The number of likely N-dealkylation sites (N-methyl/N-ethyl adjacent to an activating group) is 1. The lowest BCUT2D eigenvalue weighted by atomic mass is 10.1. The quantitative estimate of drug-likeness (QED) is 0.584. The van der Waals surface area contributed by atoms with Gasteiger partial charge in [0, 0.05) is 44.0 Å². The van der Waals surface area contributed by atoms with Crippen molar-refractivity contribution < 1.29 is 14.3 Å². The highest BCUT2D eigenvalue weighted by Crippen LogP contribution is 2.09. The fourth-order valence-corrected chi connectivity index (χ4v) is 2.23. The fraction of sp³-hybridized carbons (Fsp3) is 0.692. The molecule has 0 radical (unpaired) electrons. The van der Waals surface area contributed by atoms with E-state index in [-0.39, 0.29) is 18.6 Å². The Bertz CT molecular complexity index is 360. The molecule has 7 heteroatoms. The predicted molar refractivity (Wildman–Crippen MR) is 78.7 cm³/mol. The summed E-state index contributed by atoms with van der Waals surface area (Å²) in [4.78, 5) is 16.1. The average molecular weight is 301 g/mol. The van der Waals surface area contributed by atoms with Crippen molar-refractivity contribution in [1.82, 2.24) is 10.3 Å². The standard InChI is InChI=1S/C13H23N3O3S/c1-15-13(17)9-19-5-2-4-18-6-3-11(14)7-12-8-16-10-20-12/h8,10-11H,2-7,9,14H2,1H3,(H,15,17). The van der Waals surface area contributed by atoms with Crippen molar-refractivity contribution in [3.05, 3.63) is 16.6 Å². The van der Waals surface area contributed by atoms with Gasteiger partial charge >= 0.3 is 0 Å². The summed E-state index contributed by atoms with van der Waals surface area (Å²) in [5, 5.41) is 2.49. The zero-order chi connectivity index (χ0) is 14.6. The molecule has 1 atom stereocenters. The van der Waals surface area contributed by atoms with E-state index in [1.54, 1.807) is 18.4 Å². The molecule has 6 nitrogen and oxygen atoms in total. The number of nitrogens with one attached hydrogen (secondary N) is 1. The second-order valence-electron chi connectivity index (χ2n) is 4.41. The number of rotatable bonds is 11. The largest absolute Gasteiger partial charge is 0.381 e. The smallest absolute Gasteiger partial charge is 0.245 e. The highest BCUT2D eigenvalue weighted by atomic mass is 32.1. The van der Waals surface area contributed by atoms with Crippen molar-refractivity contribution in [2.45, 2.75) is 25.3 Å². The lowest BCUT2D eigenvalue weighted by Crippen LogP contribution is -2.24. The molecule has 1 heterocycles. The molecule has 1 aromatic rings. The van der Waals surface area contributed by atoms with Gasteiger partial charge in [-0.3, -0.25) is 9.78 Å². The average Bonchev–Trinajstić information content (AvgIpc) is 2.94. The SMILES string of the molecule is CNC(=O)COCCCOCCC(N)Cc1cncs1. The Hall–Kier alpha value is -1.02. The first-order valence-corrected chi connectivity index (χ1v) is 7.59. The highest BCUT2D eigenvalue weighted by molar-refractivity contribution is 7.09. The number of hydrogen-bond donors (Lipinski definition) is 2. The van der Waals surface area contributed by atoms with E-state index < -0.39 is 0 Å². The van der Waals surface area contributed by atoms with E-state index in [9.17, 15) is 4.79 Å². The van der Waals surface area contributed by atoms with Gasteiger partial charge < -0.3 is 20.5 Å². The van der Waals surface area contributed by atoms with Gasteiger partial charge in [-0.2, -0.15) is 0 Å². The van der Waals surface area contributed by atoms with Crippen LogP contribution in [-0.2, 0) is 20.7 Å². The van der Waals surface area contributed by atoms with Crippen LogP contribution in [0, 0.1) is 0 Å². The van der Waals surface area contributed by atoms with E-state index in [0.29, 0.717) is 19.8 Å². The van der Waals surface area contributed by atoms with Crippen molar-refractivity contribution >= 4 is 17.2 Å². The van der Waals surface area contributed by atoms with Crippen LogP contribution in [0.5, 0.6) is 0 Å². The topological polar surface area (TPSA) is 86.5 Å². The Morgan fingerprint density at radius 2 is 2.25 bits per heavy atom. The van der Waals surface area contributed by atoms with Crippen molar-refractivity contribution in [1.29, 1.82) is 0 Å². The number of nitrogens with zero attached hydrogens (tertiary/aromatic N) is 1. The molecule has 1 amide bonds. The molecule has 1 aromatic heterocycles. The van der Waals surface area contributed by atoms with Gasteiger partial charge in [0.15, 0.2) is 0 Å². The van der Waals surface area contributed by atoms with Crippen LogP contribution in [0.4, 0.5) is 0 Å². The molecular formula is C13H23N3O3S. The molecule has 3 N–H and O–H groups in total. The predicted octanol–water partition coefficient (Wildman–Crippen LogP) is 0.572. The summed E-state index contributed by atoms with van der Waals surface area (Å²) in [6.07, 6.45) is 4.32. The maximum atomic E-state index is 10.9. The molecule has 0 aliphatic rings. The number of carbonyl (C=O) groups is 1. The molecule has 1 rings (SSSR count). The van der Waals surface area contributed by atoms with Gasteiger partial charge in [0.25, 0.3) is 0 Å². The summed E-state index contributed by atoms with van der Waals surface area (Å²) >= 11 is 1.63. The molecule has 0 bridgehead atoms. The van der Waals surface area contributed by atoms with Gasteiger partial charge in [-0.1, -0.05) is 0 Å². The van der Waals surface area contributed by atoms with Crippen molar-refractivity contribution in [2.75, 3.05) is 33.5 Å². The normalized spacial score (nSPS) is 12.3. The van der Waals surface area contributed by atoms with E-state index in [4.69, 9.17) is 15.2 Å². The molecule has 0 saturated carbocycles. The van der Waals surface area contributed by atoms with Crippen LogP contribution < -0.4 is 11.1 Å². The summed E-state index contributed by atoms with van der Waals surface area (Å²) < 4.78 is 10.6. The number of hydrogen-bond acceptors (Lipinski definition) is 6. The van der Waals surface area contributed by atoms with E-state index in [2.05, 4.69) is 10.3 Å². The Kier molecular flexibility index (Phi) is 9.14. The minimum Gasteiger partial charge on any atom is -0.381 e. The van der Waals surface area contributed by atoms with E-state index in [0.717, 1.165) is 19.3 Å². The lowest BCUT2D eigenvalue weighted by molar-refractivity contribution is -0.125. The van der Waals surface area contributed by atoms with Crippen LogP contribution in [-0.4, -0.2) is 50.4 Å². The molecule has 0 fully saturated rings. The van der Waals surface area contributed by atoms with Crippen LogP contribution in [0.15, 0.2) is 11.7 Å². The molecule has 0 spiro atoms. The Labute approximate surface area is 123 Å². The Morgan fingerprint density at radius 1 is 1.45 bits per heavy atom. The Balaban J connectivity index is 1.88. The minimum atomic E-state index is -0.111. The summed E-state index contributed by atoms with van der Waals surface area (Å²) in [6, 6.07) is 0.111. The van der Waals surface area contributed by atoms with Crippen molar-refractivity contribution in [2.24, 2.45) is 5.73 Å². The number of nitrogens with two attached hydrogens (primary N) is 1. The maximum absolute atomic E-state index is 10.9. The number of ether oxygens (including phenoxy) is 2. The van der Waals surface area contributed by atoms with E-state index in [1.165, 1.54) is 4.88 Å². The maximum Gasteiger partial charge on any atom is 0.245 e. The van der Waals surface area contributed by atoms with Crippen LogP contribution in [0.3, 0.4) is 0 Å². The molecular weight excluding hydrogens is 278 g/mol. The van der Waals surface area contributed by atoms with Gasteiger partial charge in [0.1, 0.15) is 6.61 Å². The van der Waals surface area contributed by atoms with Gasteiger partial charge in [0.05, 0.1) is 5.51 Å². The van der Waals surface area contributed by atoms with E-state index in [1.807, 2.05) is 11.7 Å². The van der Waals surface area contributed by atoms with Crippen LogP contribution in [0.2, 0.25) is 0 Å². The van der Waals surface area contributed by atoms with Gasteiger partial charge in [0.2, 0.25) is 5.91 Å². The summed E-state index contributed by atoms with van der Waals surface area (Å²) in [5.41, 5.74) is 7.82. The lowest BCUT2D eigenvalue weighted by Gasteiger charge is -2.10. The molecule has 20 heavy (non-hydrogen) atoms. The van der Waals surface area contributed by atoms with E-state index >= 15 is 0 Å². The fourth-order valence-electron chi connectivity index (χ4n) is 1.54. The molecule has 0 aliphatic heterocycles. The van der Waals surface area contributed by atoms with Crippen LogP contribution in [0.25, 0.3) is 0 Å². The number of amides is 1. The van der Waals surface area contributed by atoms with Crippen molar-refractivity contribution in [3.63, 3.8) is 0 Å². The summed E-state index contributed by atoms with van der Waals surface area (Å²) in [5.74, 6) is -0.111. The highest BCUT2D eigenvalue weighted by Gasteiger charge is 2.05.